The van der Waals surface area contributed by atoms with Gasteiger partial charge in [0.15, 0.2) is 0 Å². The van der Waals surface area contributed by atoms with Gasteiger partial charge < -0.3 is 20.4 Å². The van der Waals surface area contributed by atoms with Crippen LogP contribution in [0, 0.1) is 34.5 Å². The van der Waals surface area contributed by atoms with E-state index < -0.39 is 23.2 Å². The molecule has 0 aromatic heterocycles. The number of aliphatic hydroxyl groups excluding tert-OH is 3. The maximum Gasteiger partial charge on any atom is 0.0959 e. The molecule has 0 radical (unpaired) electrons. The van der Waals surface area contributed by atoms with E-state index >= 15 is 0 Å². The molecule has 0 heterocycles. The van der Waals surface area contributed by atoms with Crippen LogP contribution in [0.3, 0.4) is 0 Å². The summed E-state index contributed by atoms with van der Waals surface area (Å²) >= 11 is 0. The van der Waals surface area contributed by atoms with Crippen LogP contribution in [0.4, 0.5) is 0 Å². The highest BCUT2D eigenvalue weighted by Crippen LogP contribution is 2.68. The second-order valence-corrected chi connectivity index (χ2v) is 10.3. The summed E-state index contributed by atoms with van der Waals surface area (Å²) in [5, 5.41) is 42.9. The van der Waals surface area contributed by atoms with Gasteiger partial charge in [-0.05, 0) is 87.4 Å². The summed E-state index contributed by atoms with van der Waals surface area (Å²) in [6.07, 6.45) is 5.77. The molecule has 4 heteroatoms. The first-order valence-corrected chi connectivity index (χ1v) is 10.4. The van der Waals surface area contributed by atoms with Gasteiger partial charge in [-0.15, -0.1) is 0 Å². The van der Waals surface area contributed by atoms with Crippen LogP contribution in [0.1, 0.15) is 72.1 Å². The molecule has 4 rings (SSSR count). The van der Waals surface area contributed by atoms with Crippen molar-refractivity contribution in [2.75, 3.05) is 0 Å². The smallest absolute Gasteiger partial charge is 0.0959 e. The van der Waals surface area contributed by atoms with Crippen molar-refractivity contribution in [2.45, 2.75) is 96.1 Å². The van der Waals surface area contributed by atoms with E-state index in [-0.39, 0.29) is 17.4 Å². The van der Waals surface area contributed by atoms with E-state index in [1.165, 1.54) is 0 Å². The molecular weight excluding hydrogens is 316 g/mol. The fourth-order valence-electron chi connectivity index (χ4n) is 8.09. The number of aliphatic hydroxyl groups is 4. The molecule has 0 saturated heterocycles. The Morgan fingerprint density at radius 1 is 1.00 bits per heavy atom. The molecule has 0 aromatic carbocycles. The lowest BCUT2D eigenvalue weighted by atomic mass is 9.43. The van der Waals surface area contributed by atoms with E-state index in [2.05, 4.69) is 13.8 Å². The summed E-state index contributed by atoms with van der Waals surface area (Å²) < 4.78 is 0. The Morgan fingerprint density at radius 2 is 1.72 bits per heavy atom. The van der Waals surface area contributed by atoms with Crippen molar-refractivity contribution >= 4 is 0 Å². The molecule has 0 amide bonds. The molecule has 0 aliphatic heterocycles. The quantitative estimate of drug-likeness (QED) is 0.584. The van der Waals surface area contributed by atoms with Crippen LogP contribution in [0.2, 0.25) is 0 Å². The zero-order valence-electron chi connectivity index (χ0n) is 16.0. The molecule has 144 valence electrons. The summed E-state index contributed by atoms with van der Waals surface area (Å²) in [5.41, 5.74) is -1.38. The van der Waals surface area contributed by atoms with Gasteiger partial charge in [-0.3, -0.25) is 0 Å². The molecule has 4 fully saturated rings. The molecule has 0 spiro atoms. The predicted molar refractivity (Wildman–Crippen MR) is 95.8 cm³/mol. The van der Waals surface area contributed by atoms with Crippen LogP contribution < -0.4 is 0 Å². The average molecular weight is 353 g/mol. The molecule has 4 nitrogen and oxygen atoms in total. The van der Waals surface area contributed by atoms with Crippen molar-refractivity contribution in [1.29, 1.82) is 0 Å². The van der Waals surface area contributed by atoms with Gasteiger partial charge in [0.25, 0.3) is 0 Å². The first kappa shape index (κ1) is 18.2. The number of fused-ring (bicyclic) bond motifs is 5. The van der Waals surface area contributed by atoms with E-state index in [1.807, 2.05) is 0 Å². The van der Waals surface area contributed by atoms with E-state index in [0.29, 0.717) is 30.6 Å². The third-order valence-corrected chi connectivity index (χ3v) is 9.48. The van der Waals surface area contributed by atoms with Gasteiger partial charge in [-0.25, -0.2) is 0 Å². The molecule has 4 aliphatic rings. The standard InChI is InChI=1S/C21H36O4/c1-12(22)21(25)9-7-16-15-5-4-13-10-14(23)6-8-19(13,2)18(15)17(24)11-20(16,21)3/h12-18,22-25H,4-11H2,1-3H3/t12-,13+,14+,15+,16+,17+,18-,19+,20+,21+/m1/s1. The highest BCUT2D eigenvalue weighted by molar-refractivity contribution is 5.17. The van der Waals surface area contributed by atoms with Crippen molar-refractivity contribution in [3.05, 3.63) is 0 Å². The summed E-state index contributed by atoms with van der Waals surface area (Å²) in [6, 6.07) is 0. The topological polar surface area (TPSA) is 80.9 Å². The van der Waals surface area contributed by atoms with Gasteiger partial charge in [0.2, 0.25) is 0 Å². The molecule has 4 aliphatic carbocycles. The van der Waals surface area contributed by atoms with Gasteiger partial charge in [0, 0.05) is 5.41 Å². The SMILES string of the molecule is C[C@@H](O)[C@@]1(O)CC[C@H]2[C@@H]3CC[C@H]4C[C@@H](O)CC[C@]4(C)[C@H]3[C@@H](O)C[C@@]21C. The first-order chi connectivity index (χ1) is 11.6. The monoisotopic (exact) mass is 352 g/mol. The molecule has 4 saturated carbocycles. The second kappa shape index (κ2) is 5.67. The lowest BCUT2D eigenvalue weighted by Gasteiger charge is -2.63. The molecule has 10 atom stereocenters. The Morgan fingerprint density at radius 3 is 2.40 bits per heavy atom. The Bertz CT molecular complexity index is 536. The molecule has 0 aromatic rings. The summed E-state index contributed by atoms with van der Waals surface area (Å²) in [5.74, 6) is 1.59. The zero-order valence-corrected chi connectivity index (χ0v) is 16.0. The van der Waals surface area contributed by atoms with Gasteiger partial charge in [-0.2, -0.15) is 0 Å². The largest absolute Gasteiger partial charge is 0.393 e. The van der Waals surface area contributed by atoms with Crippen molar-refractivity contribution in [2.24, 2.45) is 34.5 Å². The number of hydrogen-bond donors (Lipinski definition) is 4. The van der Waals surface area contributed by atoms with Crippen LogP contribution >= 0.6 is 0 Å². The number of rotatable bonds is 1. The molecule has 0 unspecified atom stereocenters. The van der Waals surface area contributed by atoms with Crippen LogP contribution in [0.15, 0.2) is 0 Å². The summed E-state index contributed by atoms with van der Waals surface area (Å²) in [4.78, 5) is 0. The van der Waals surface area contributed by atoms with Crippen molar-refractivity contribution < 1.29 is 20.4 Å². The molecule has 4 N–H and O–H groups in total. The van der Waals surface area contributed by atoms with Gasteiger partial charge >= 0.3 is 0 Å². The third kappa shape index (κ3) is 2.27. The summed E-state index contributed by atoms with van der Waals surface area (Å²) in [6.45, 7) is 6.16. The normalized spacial score (nSPS) is 59.6. The maximum absolute atomic E-state index is 11.3. The van der Waals surface area contributed by atoms with Gasteiger partial charge in [-0.1, -0.05) is 13.8 Å². The van der Waals surface area contributed by atoms with E-state index in [9.17, 15) is 20.4 Å². The predicted octanol–water partition coefficient (Wildman–Crippen LogP) is 2.47. The highest BCUT2D eigenvalue weighted by atomic mass is 16.3. The average Bonchev–Trinajstić information content (AvgIpc) is 2.80. The van der Waals surface area contributed by atoms with Crippen LogP contribution in [-0.2, 0) is 0 Å². The minimum absolute atomic E-state index is 0.106. The number of hydrogen-bond acceptors (Lipinski definition) is 4. The Kier molecular flexibility index (Phi) is 4.13. The first-order valence-electron chi connectivity index (χ1n) is 10.4. The lowest BCUT2D eigenvalue weighted by molar-refractivity contribution is -0.218. The van der Waals surface area contributed by atoms with Crippen molar-refractivity contribution in [3.8, 4) is 0 Å². The zero-order chi connectivity index (χ0) is 18.2. The van der Waals surface area contributed by atoms with Gasteiger partial charge in [0.1, 0.15) is 0 Å². The minimum Gasteiger partial charge on any atom is -0.393 e. The fourth-order valence-corrected chi connectivity index (χ4v) is 8.09. The third-order valence-electron chi connectivity index (χ3n) is 9.48. The maximum atomic E-state index is 11.3. The van der Waals surface area contributed by atoms with Gasteiger partial charge in [0.05, 0.1) is 23.9 Å². The van der Waals surface area contributed by atoms with Crippen molar-refractivity contribution in [1.82, 2.24) is 0 Å². The van der Waals surface area contributed by atoms with E-state index in [1.54, 1.807) is 6.92 Å². The van der Waals surface area contributed by atoms with E-state index in [4.69, 9.17) is 0 Å². The summed E-state index contributed by atoms with van der Waals surface area (Å²) in [7, 11) is 0. The van der Waals surface area contributed by atoms with Crippen molar-refractivity contribution in [3.63, 3.8) is 0 Å². The van der Waals surface area contributed by atoms with E-state index in [0.717, 1.165) is 38.5 Å². The molecule has 25 heavy (non-hydrogen) atoms. The highest BCUT2D eigenvalue weighted by Gasteiger charge is 2.67. The second-order valence-electron chi connectivity index (χ2n) is 10.3. The van der Waals surface area contributed by atoms with Crippen LogP contribution in [0.5, 0.6) is 0 Å². The Labute approximate surface area is 151 Å². The molecule has 0 bridgehead atoms. The Hall–Kier alpha value is -0.160. The fraction of sp³-hybridized carbons (Fsp3) is 1.00. The molecular formula is C21H36O4. The minimum atomic E-state index is -1.08. The Balaban J connectivity index is 1.69. The van der Waals surface area contributed by atoms with Crippen LogP contribution in [-0.4, -0.2) is 44.3 Å². The van der Waals surface area contributed by atoms with Crippen LogP contribution in [0.25, 0.3) is 0 Å². The lowest BCUT2D eigenvalue weighted by Crippen LogP contribution is -2.63.